The van der Waals surface area contributed by atoms with E-state index in [0.29, 0.717) is 5.56 Å². The van der Waals surface area contributed by atoms with Crippen molar-refractivity contribution in [3.8, 4) is 5.75 Å². The number of phenols is 1. The molecule has 2 N–H and O–H groups in total. The number of pyridine rings is 2. The zero-order valence-corrected chi connectivity index (χ0v) is 15.9. The Labute approximate surface area is 171 Å². The molecule has 2 aromatic heterocycles. The molecule has 4 rings (SSSR count). The average molecular weight is 434 g/mol. The molecule has 30 heavy (non-hydrogen) atoms. The minimum absolute atomic E-state index is 0.00863. The number of amides is 2. The van der Waals surface area contributed by atoms with Gasteiger partial charge in [-0.3, -0.25) is 15.0 Å². The molecule has 0 bridgehead atoms. The number of hydrogen-bond donors (Lipinski definition) is 2. The van der Waals surface area contributed by atoms with Gasteiger partial charge in [-0.25, -0.2) is 15.0 Å². The van der Waals surface area contributed by atoms with Crippen LogP contribution in [-0.2, 0) is 11.0 Å². The van der Waals surface area contributed by atoms with E-state index in [1.165, 1.54) is 24.4 Å². The maximum absolute atomic E-state index is 13.5. The summed E-state index contributed by atoms with van der Waals surface area (Å²) in [5.74, 6) is -1.76. The van der Waals surface area contributed by atoms with Crippen molar-refractivity contribution in [1.82, 2.24) is 20.4 Å². The molecule has 0 saturated carbocycles. The summed E-state index contributed by atoms with van der Waals surface area (Å²) < 4.78 is 40.6. The van der Waals surface area contributed by atoms with Gasteiger partial charge in [-0.05, 0) is 24.3 Å². The molecule has 1 atom stereocenters. The summed E-state index contributed by atoms with van der Waals surface area (Å²) in [5, 5.41) is 10.5. The lowest BCUT2D eigenvalue weighted by atomic mass is 10.1. The van der Waals surface area contributed by atoms with Crippen molar-refractivity contribution >= 4 is 34.6 Å². The normalized spacial score (nSPS) is 16.8. The van der Waals surface area contributed by atoms with Gasteiger partial charge in [0.25, 0.3) is 11.8 Å². The highest BCUT2D eigenvalue weighted by molar-refractivity contribution is 8.00. The molecular weight excluding hydrogens is 421 g/mol. The number of hydrogen-bond acceptors (Lipinski definition) is 6. The number of para-hydroxylation sites is 1. The highest BCUT2D eigenvalue weighted by Gasteiger charge is 2.40. The van der Waals surface area contributed by atoms with Crippen molar-refractivity contribution in [2.75, 3.05) is 5.75 Å². The molecule has 1 unspecified atom stereocenters. The van der Waals surface area contributed by atoms with Crippen molar-refractivity contribution in [2.24, 2.45) is 0 Å². The Bertz CT molecular complexity index is 1160. The van der Waals surface area contributed by atoms with Gasteiger partial charge in [0.05, 0.1) is 11.3 Å². The zero-order valence-electron chi connectivity index (χ0n) is 15.1. The predicted molar refractivity (Wildman–Crippen MR) is 102 cm³/mol. The molecule has 11 heteroatoms. The van der Waals surface area contributed by atoms with E-state index in [9.17, 15) is 27.9 Å². The molecule has 2 amide bonds. The van der Waals surface area contributed by atoms with Crippen LogP contribution in [0.4, 0.5) is 13.2 Å². The Morgan fingerprint density at radius 1 is 1.23 bits per heavy atom. The van der Waals surface area contributed by atoms with Gasteiger partial charge in [0.2, 0.25) is 0 Å². The second kappa shape index (κ2) is 7.48. The highest BCUT2D eigenvalue weighted by Crippen LogP contribution is 2.41. The van der Waals surface area contributed by atoms with E-state index in [1.807, 2.05) is 0 Å². The van der Waals surface area contributed by atoms with Gasteiger partial charge in [-0.15, -0.1) is 11.8 Å². The first kappa shape index (κ1) is 20.0. The van der Waals surface area contributed by atoms with Crippen LogP contribution in [-0.4, -0.2) is 37.7 Å². The topological polar surface area (TPSA) is 95.4 Å². The number of phenolic OH excluding ortho intramolecular Hbond substituents is 1. The van der Waals surface area contributed by atoms with Crippen LogP contribution in [0.25, 0.3) is 11.0 Å². The Balaban J connectivity index is 1.71. The first-order chi connectivity index (χ1) is 14.3. The SMILES string of the molecule is O=C(NN1C(=O)CSC1c1ccccc1O)c1cc2cccnc2nc1C(F)(F)F. The summed E-state index contributed by atoms with van der Waals surface area (Å²) in [6, 6.07) is 10.2. The lowest BCUT2D eigenvalue weighted by Gasteiger charge is -2.25. The number of carbonyl (C=O) groups excluding carboxylic acids is 2. The monoisotopic (exact) mass is 434 g/mol. The smallest absolute Gasteiger partial charge is 0.434 e. The van der Waals surface area contributed by atoms with Crippen molar-refractivity contribution < 1.29 is 27.9 Å². The second-order valence-corrected chi connectivity index (χ2v) is 7.43. The lowest BCUT2D eigenvalue weighted by molar-refractivity contribution is -0.141. The minimum atomic E-state index is -4.90. The third-order valence-corrected chi connectivity index (χ3v) is 5.59. The minimum Gasteiger partial charge on any atom is -0.508 e. The number of alkyl halides is 3. The lowest BCUT2D eigenvalue weighted by Crippen LogP contribution is -2.45. The third-order valence-electron chi connectivity index (χ3n) is 4.40. The Kier molecular flexibility index (Phi) is 4.98. The van der Waals surface area contributed by atoms with Gasteiger partial charge in [-0.1, -0.05) is 18.2 Å². The van der Waals surface area contributed by atoms with E-state index in [1.54, 1.807) is 18.2 Å². The van der Waals surface area contributed by atoms with Crippen LogP contribution in [0.3, 0.4) is 0 Å². The summed E-state index contributed by atoms with van der Waals surface area (Å²) in [5.41, 5.74) is 0.320. The zero-order chi connectivity index (χ0) is 21.5. The largest absolute Gasteiger partial charge is 0.508 e. The molecule has 1 saturated heterocycles. The number of nitrogens with zero attached hydrogens (tertiary/aromatic N) is 3. The number of fused-ring (bicyclic) bond motifs is 1. The van der Waals surface area contributed by atoms with Crippen molar-refractivity contribution in [1.29, 1.82) is 0 Å². The summed E-state index contributed by atoms with van der Waals surface area (Å²) >= 11 is 1.13. The number of nitrogens with one attached hydrogen (secondary N) is 1. The van der Waals surface area contributed by atoms with E-state index in [0.717, 1.165) is 22.8 Å². The number of rotatable bonds is 3. The molecule has 154 valence electrons. The first-order valence-electron chi connectivity index (χ1n) is 8.61. The quantitative estimate of drug-likeness (QED) is 0.657. The van der Waals surface area contributed by atoms with E-state index in [2.05, 4.69) is 15.4 Å². The summed E-state index contributed by atoms with van der Waals surface area (Å²) in [6.07, 6.45) is -3.61. The Hall–Kier alpha value is -3.34. The number of halogens is 3. The van der Waals surface area contributed by atoms with Crippen LogP contribution < -0.4 is 5.43 Å². The maximum atomic E-state index is 13.5. The number of carbonyl (C=O) groups is 2. The molecule has 0 aliphatic carbocycles. The number of aromatic nitrogens is 2. The number of aromatic hydroxyl groups is 1. The fourth-order valence-electron chi connectivity index (χ4n) is 3.04. The number of hydrazine groups is 1. The third kappa shape index (κ3) is 3.63. The maximum Gasteiger partial charge on any atom is 0.434 e. The average Bonchev–Trinajstić information content (AvgIpc) is 3.06. The van der Waals surface area contributed by atoms with Crippen LogP contribution >= 0.6 is 11.8 Å². The number of benzene rings is 1. The standard InChI is InChI=1S/C19H13F3N4O3S/c20-19(21,22)15-12(8-10-4-3-7-23-16(10)24-15)17(29)25-26-14(28)9-30-18(26)11-5-1-2-6-13(11)27/h1-8,18,27H,9H2,(H,25,29). The molecule has 3 aromatic rings. The van der Waals surface area contributed by atoms with E-state index < -0.39 is 34.6 Å². The van der Waals surface area contributed by atoms with Gasteiger partial charge >= 0.3 is 6.18 Å². The van der Waals surface area contributed by atoms with Gasteiger partial charge in [0.15, 0.2) is 11.3 Å². The molecule has 0 radical (unpaired) electrons. The summed E-state index contributed by atoms with van der Waals surface area (Å²) in [7, 11) is 0. The van der Waals surface area contributed by atoms with Crippen LogP contribution in [0.1, 0.15) is 27.0 Å². The van der Waals surface area contributed by atoms with Crippen LogP contribution in [0.5, 0.6) is 5.75 Å². The van der Waals surface area contributed by atoms with Crippen molar-refractivity contribution in [3.05, 3.63) is 65.5 Å². The van der Waals surface area contributed by atoms with Gasteiger partial charge in [0, 0.05) is 17.1 Å². The molecule has 0 spiro atoms. The molecule has 7 nitrogen and oxygen atoms in total. The van der Waals surface area contributed by atoms with Crippen LogP contribution in [0, 0.1) is 0 Å². The molecule has 1 aromatic carbocycles. The molecule has 1 fully saturated rings. The Morgan fingerprint density at radius 3 is 2.73 bits per heavy atom. The van der Waals surface area contributed by atoms with Crippen LogP contribution in [0.2, 0.25) is 0 Å². The molecule has 3 heterocycles. The first-order valence-corrected chi connectivity index (χ1v) is 9.66. The van der Waals surface area contributed by atoms with Crippen molar-refractivity contribution in [2.45, 2.75) is 11.6 Å². The molecule has 1 aliphatic heterocycles. The highest BCUT2D eigenvalue weighted by atomic mass is 32.2. The van der Waals surface area contributed by atoms with E-state index in [4.69, 9.17) is 0 Å². The van der Waals surface area contributed by atoms with Gasteiger partial charge < -0.3 is 5.11 Å². The van der Waals surface area contributed by atoms with E-state index in [-0.39, 0.29) is 22.5 Å². The predicted octanol–water partition coefficient (Wildman–Crippen LogP) is 3.27. The fourth-order valence-corrected chi connectivity index (χ4v) is 4.17. The van der Waals surface area contributed by atoms with Gasteiger partial charge in [0.1, 0.15) is 11.1 Å². The van der Waals surface area contributed by atoms with Crippen molar-refractivity contribution in [3.63, 3.8) is 0 Å². The van der Waals surface area contributed by atoms with Gasteiger partial charge in [-0.2, -0.15) is 13.2 Å². The fraction of sp³-hybridized carbons (Fsp3) is 0.158. The second-order valence-electron chi connectivity index (χ2n) is 6.36. The molecule has 1 aliphatic rings. The summed E-state index contributed by atoms with van der Waals surface area (Å²) in [6.45, 7) is 0. The Morgan fingerprint density at radius 2 is 2.00 bits per heavy atom. The number of thioether (sulfide) groups is 1. The summed E-state index contributed by atoms with van der Waals surface area (Å²) in [4.78, 5) is 32.4. The van der Waals surface area contributed by atoms with E-state index >= 15 is 0 Å². The molecular formula is C19H13F3N4O3S. The van der Waals surface area contributed by atoms with Crippen LogP contribution in [0.15, 0.2) is 48.7 Å².